The molecule has 28 heavy (non-hydrogen) atoms. The molecule has 0 aliphatic carbocycles. The van der Waals surface area contributed by atoms with E-state index in [1.54, 1.807) is 43.3 Å². The third kappa shape index (κ3) is 5.11. The van der Waals surface area contributed by atoms with Gasteiger partial charge in [-0.25, -0.2) is 8.42 Å². The van der Waals surface area contributed by atoms with Gasteiger partial charge >= 0.3 is 0 Å². The van der Waals surface area contributed by atoms with Crippen molar-refractivity contribution >= 4 is 21.6 Å². The van der Waals surface area contributed by atoms with Crippen LogP contribution in [0, 0.1) is 13.8 Å². The van der Waals surface area contributed by atoms with E-state index >= 15 is 0 Å². The molecule has 1 aliphatic heterocycles. The van der Waals surface area contributed by atoms with Crippen molar-refractivity contribution in [2.75, 3.05) is 30.9 Å². The molecule has 0 aromatic heterocycles. The van der Waals surface area contributed by atoms with Gasteiger partial charge in [0.15, 0.2) is 0 Å². The Balaban J connectivity index is 1.60. The lowest BCUT2D eigenvalue weighted by molar-refractivity contribution is 0.0950. The Morgan fingerprint density at radius 3 is 2.39 bits per heavy atom. The Hall–Kier alpha value is -2.38. The second kappa shape index (κ2) is 8.75. The number of amides is 1. The van der Waals surface area contributed by atoms with Crippen molar-refractivity contribution in [3.05, 3.63) is 59.2 Å². The van der Waals surface area contributed by atoms with Gasteiger partial charge in [-0.05, 0) is 81.2 Å². The van der Waals surface area contributed by atoms with E-state index in [0.717, 1.165) is 25.2 Å². The summed E-state index contributed by atoms with van der Waals surface area (Å²) in [5.41, 5.74) is 2.50. The molecule has 7 heteroatoms. The fraction of sp³-hybridized carbons (Fsp3) is 0.381. The van der Waals surface area contributed by atoms with Gasteiger partial charge in [0.25, 0.3) is 15.9 Å². The summed E-state index contributed by atoms with van der Waals surface area (Å²) in [7, 11) is -3.68. The average Bonchev–Trinajstić information content (AvgIpc) is 3.17. The van der Waals surface area contributed by atoms with Crippen molar-refractivity contribution in [3.8, 4) is 0 Å². The maximum absolute atomic E-state index is 12.7. The highest BCUT2D eigenvalue weighted by Crippen LogP contribution is 2.21. The van der Waals surface area contributed by atoms with Crippen LogP contribution < -0.4 is 10.0 Å². The Bertz CT molecular complexity index is 934. The van der Waals surface area contributed by atoms with Crippen LogP contribution in [0.3, 0.4) is 0 Å². The lowest BCUT2D eigenvalue weighted by Gasteiger charge is -2.15. The van der Waals surface area contributed by atoms with Crippen LogP contribution in [-0.4, -0.2) is 45.4 Å². The molecule has 0 saturated carbocycles. The van der Waals surface area contributed by atoms with Crippen LogP contribution in [0.15, 0.2) is 47.4 Å². The van der Waals surface area contributed by atoms with E-state index in [9.17, 15) is 13.2 Å². The summed E-state index contributed by atoms with van der Waals surface area (Å²) in [5.74, 6) is -0.150. The monoisotopic (exact) mass is 401 g/mol. The fourth-order valence-corrected chi connectivity index (χ4v) is 4.72. The van der Waals surface area contributed by atoms with E-state index in [1.165, 1.54) is 12.8 Å². The predicted molar refractivity (Wildman–Crippen MR) is 111 cm³/mol. The first-order valence-corrected chi connectivity index (χ1v) is 11.0. The summed E-state index contributed by atoms with van der Waals surface area (Å²) < 4.78 is 27.9. The topological polar surface area (TPSA) is 78.5 Å². The number of sulfonamides is 1. The minimum atomic E-state index is -3.68. The van der Waals surface area contributed by atoms with Crippen molar-refractivity contribution in [3.63, 3.8) is 0 Å². The van der Waals surface area contributed by atoms with Crippen LogP contribution in [-0.2, 0) is 10.0 Å². The number of aryl methyl sites for hydroxylation is 2. The zero-order valence-corrected chi connectivity index (χ0v) is 17.2. The molecule has 1 saturated heterocycles. The van der Waals surface area contributed by atoms with Crippen LogP contribution in [0.25, 0.3) is 0 Å². The number of rotatable bonds is 7. The van der Waals surface area contributed by atoms with E-state index in [-0.39, 0.29) is 10.8 Å². The second-order valence-corrected chi connectivity index (χ2v) is 8.91. The first-order chi connectivity index (χ1) is 13.3. The molecule has 0 unspecified atom stereocenters. The lowest BCUT2D eigenvalue weighted by atomic mass is 10.2. The number of hydrogen-bond donors (Lipinski definition) is 2. The standard InChI is InChI=1S/C21H27N3O3S/c1-16-5-6-17(2)20(15-16)28(26,27)23-19-9-7-18(8-10-19)21(25)22-11-14-24-12-3-4-13-24/h5-10,15,23H,3-4,11-14H2,1-2H3,(H,22,25). The molecule has 1 amide bonds. The SMILES string of the molecule is Cc1ccc(C)c(S(=O)(=O)Nc2ccc(C(=O)NCCN3CCCC3)cc2)c1. The van der Waals surface area contributed by atoms with Gasteiger partial charge in [-0.2, -0.15) is 0 Å². The molecule has 6 nitrogen and oxygen atoms in total. The number of likely N-dealkylation sites (tertiary alicyclic amines) is 1. The molecule has 1 heterocycles. The smallest absolute Gasteiger partial charge is 0.262 e. The van der Waals surface area contributed by atoms with Crippen molar-refractivity contribution in [1.29, 1.82) is 0 Å². The van der Waals surface area contributed by atoms with Gasteiger partial charge < -0.3 is 10.2 Å². The number of hydrogen-bond acceptors (Lipinski definition) is 4. The summed E-state index contributed by atoms with van der Waals surface area (Å²) in [6, 6.07) is 11.8. The molecule has 2 N–H and O–H groups in total. The number of nitrogens with one attached hydrogen (secondary N) is 2. The molecule has 1 fully saturated rings. The van der Waals surface area contributed by atoms with E-state index < -0.39 is 10.0 Å². The molecule has 0 spiro atoms. The molecule has 0 radical (unpaired) electrons. The van der Waals surface area contributed by atoms with Crippen molar-refractivity contribution < 1.29 is 13.2 Å². The fourth-order valence-electron chi connectivity index (χ4n) is 3.33. The third-order valence-electron chi connectivity index (χ3n) is 4.94. The summed E-state index contributed by atoms with van der Waals surface area (Å²) in [4.78, 5) is 14.8. The summed E-state index contributed by atoms with van der Waals surface area (Å²) in [5, 5.41) is 2.91. The molecule has 3 rings (SSSR count). The summed E-state index contributed by atoms with van der Waals surface area (Å²) in [6.07, 6.45) is 2.46. The number of anilines is 1. The molecule has 2 aromatic rings. The van der Waals surface area contributed by atoms with Gasteiger partial charge in [0.05, 0.1) is 4.90 Å². The molecular weight excluding hydrogens is 374 g/mol. The third-order valence-corrected chi connectivity index (χ3v) is 6.47. The highest BCUT2D eigenvalue weighted by Gasteiger charge is 2.17. The Kier molecular flexibility index (Phi) is 6.36. The van der Waals surface area contributed by atoms with Crippen LogP contribution in [0.4, 0.5) is 5.69 Å². The van der Waals surface area contributed by atoms with E-state index in [1.807, 2.05) is 13.0 Å². The molecule has 2 aromatic carbocycles. The number of carbonyl (C=O) groups excluding carboxylic acids is 1. The van der Waals surface area contributed by atoms with Gasteiger partial charge in [-0.3, -0.25) is 9.52 Å². The molecule has 1 aliphatic rings. The number of benzene rings is 2. The number of nitrogens with zero attached hydrogens (tertiary/aromatic N) is 1. The Morgan fingerprint density at radius 2 is 1.71 bits per heavy atom. The lowest BCUT2D eigenvalue weighted by Crippen LogP contribution is -2.33. The Labute approximate surface area is 167 Å². The highest BCUT2D eigenvalue weighted by molar-refractivity contribution is 7.92. The molecular formula is C21H27N3O3S. The summed E-state index contributed by atoms with van der Waals surface area (Å²) >= 11 is 0. The van der Waals surface area contributed by atoms with Gasteiger partial charge in [0.1, 0.15) is 0 Å². The van der Waals surface area contributed by atoms with Gasteiger partial charge in [-0.1, -0.05) is 12.1 Å². The quantitative estimate of drug-likeness (QED) is 0.748. The Morgan fingerprint density at radius 1 is 1.04 bits per heavy atom. The normalized spacial score (nSPS) is 14.8. The van der Waals surface area contributed by atoms with Gasteiger partial charge in [0, 0.05) is 24.3 Å². The van der Waals surface area contributed by atoms with Gasteiger partial charge in [0.2, 0.25) is 0 Å². The zero-order chi connectivity index (χ0) is 20.1. The first kappa shape index (κ1) is 20.4. The van der Waals surface area contributed by atoms with Crippen LogP contribution in [0.1, 0.15) is 34.3 Å². The first-order valence-electron chi connectivity index (χ1n) is 9.56. The maximum Gasteiger partial charge on any atom is 0.262 e. The second-order valence-electron chi connectivity index (χ2n) is 7.26. The number of carbonyl (C=O) groups is 1. The molecule has 150 valence electrons. The van der Waals surface area contributed by atoms with Crippen molar-refractivity contribution in [2.24, 2.45) is 0 Å². The van der Waals surface area contributed by atoms with Crippen molar-refractivity contribution in [2.45, 2.75) is 31.6 Å². The van der Waals surface area contributed by atoms with Crippen LogP contribution >= 0.6 is 0 Å². The van der Waals surface area contributed by atoms with Crippen LogP contribution in [0.5, 0.6) is 0 Å². The minimum absolute atomic E-state index is 0.150. The molecule has 0 bridgehead atoms. The average molecular weight is 402 g/mol. The maximum atomic E-state index is 12.7. The van der Waals surface area contributed by atoms with Crippen LogP contribution in [0.2, 0.25) is 0 Å². The summed E-state index contributed by atoms with van der Waals surface area (Å²) in [6.45, 7) is 7.30. The van der Waals surface area contributed by atoms with E-state index in [2.05, 4.69) is 14.9 Å². The van der Waals surface area contributed by atoms with E-state index in [0.29, 0.717) is 23.4 Å². The highest BCUT2D eigenvalue weighted by atomic mass is 32.2. The van der Waals surface area contributed by atoms with Crippen molar-refractivity contribution in [1.82, 2.24) is 10.2 Å². The minimum Gasteiger partial charge on any atom is -0.351 e. The molecule has 0 atom stereocenters. The largest absolute Gasteiger partial charge is 0.351 e. The van der Waals surface area contributed by atoms with Gasteiger partial charge in [-0.15, -0.1) is 0 Å². The predicted octanol–water partition coefficient (Wildman–Crippen LogP) is 2.93. The zero-order valence-electron chi connectivity index (χ0n) is 16.4. The van der Waals surface area contributed by atoms with E-state index in [4.69, 9.17) is 0 Å².